The lowest BCUT2D eigenvalue weighted by atomic mass is 10.0. The summed E-state index contributed by atoms with van der Waals surface area (Å²) in [7, 11) is 0. The van der Waals surface area contributed by atoms with Crippen LogP contribution in [0.25, 0.3) is 0 Å². The van der Waals surface area contributed by atoms with Crippen molar-refractivity contribution >= 4 is 39.2 Å². The van der Waals surface area contributed by atoms with E-state index in [4.69, 9.17) is 12.2 Å². The highest BCUT2D eigenvalue weighted by Crippen LogP contribution is 2.16. The summed E-state index contributed by atoms with van der Waals surface area (Å²) in [5, 5.41) is 6.45. The van der Waals surface area contributed by atoms with Crippen LogP contribution in [0.1, 0.15) is 28.8 Å². The van der Waals surface area contributed by atoms with Crippen LogP contribution in [-0.4, -0.2) is 35.1 Å². The first-order valence-corrected chi connectivity index (χ1v) is 9.94. The Morgan fingerprint density at radius 3 is 2.42 bits per heavy atom. The van der Waals surface area contributed by atoms with Crippen LogP contribution in [0.3, 0.4) is 0 Å². The van der Waals surface area contributed by atoms with E-state index in [9.17, 15) is 4.79 Å². The molecular formula is C20H22BrN3OS. The Morgan fingerprint density at radius 1 is 1.08 bits per heavy atom. The number of carbonyl (C=O) groups excluding carboxylic acids is 1. The quantitative estimate of drug-likeness (QED) is 0.723. The molecule has 0 spiro atoms. The van der Waals surface area contributed by atoms with Crippen molar-refractivity contribution in [3.05, 3.63) is 70.2 Å². The number of hydrogen-bond acceptors (Lipinski definition) is 3. The van der Waals surface area contributed by atoms with Crippen LogP contribution < -0.4 is 10.6 Å². The number of hydrogen-bond donors (Lipinski definition) is 2. The second-order valence-electron chi connectivity index (χ2n) is 6.44. The fourth-order valence-corrected chi connectivity index (χ4v) is 3.84. The minimum atomic E-state index is -0.198. The molecule has 3 rings (SSSR count). The van der Waals surface area contributed by atoms with Crippen LogP contribution in [0.15, 0.2) is 59.1 Å². The average molecular weight is 432 g/mol. The highest BCUT2D eigenvalue weighted by Gasteiger charge is 2.20. The Bertz CT molecular complexity index is 761. The topological polar surface area (TPSA) is 44.4 Å². The van der Waals surface area contributed by atoms with Gasteiger partial charge in [0.25, 0.3) is 5.91 Å². The third-order valence-electron chi connectivity index (χ3n) is 4.52. The van der Waals surface area contributed by atoms with Crippen molar-refractivity contribution in [1.29, 1.82) is 0 Å². The van der Waals surface area contributed by atoms with Crippen LogP contribution in [0, 0.1) is 0 Å². The minimum Gasteiger partial charge on any atom is -0.360 e. The van der Waals surface area contributed by atoms with E-state index in [1.165, 1.54) is 5.56 Å². The lowest BCUT2D eigenvalue weighted by Crippen LogP contribution is -2.48. The number of likely N-dealkylation sites (tertiary alicyclic amines) is 1. The van der Waals surface area contributed by atoms with Crippen LogP contribution >= 0.6 is 28.1 Å². The maximum Gasteiger partial charge on any atom is 0.258 e. The van der Waals surface area contributed by atoms with E-state index in [1.807, 2.05) is 24.3 Å². The summed E-state index contributed by atoms with van der Waals surface area (Å²) in [5.74, 6) is -0.198. The molecule has 6 heteroatoms. The molecule has 2 aromatic carbocycles. The summed E-state index contributed by atoms with van der Waals surface area (Å²) < 4.78 is 0.759. The molecule has 1 aliphatic heterocycles. The normalized spacial score (nSPS) is 15.4. The van der Waals surface area contributed by atoms with E-state index < -0.39 is 0 Å². The Morgan fingerprint density at radius 2 is 1.73 bits per heavy atom. The van der Waals surface area contributed by atoms with Crippen molar-refractivity contribution in [2.75, 3.05) is 13.1 Å². The highest BCUT2D eigenvalue weighted by atomic mass is 79.9. The molecule has 1 heterocycles. The number of nitrogens with one attached hydrogen (secondary N) is 2. The van der Waals surface area contributed by atoms with Gasteiger partial charge in [0.15, 0.2) is 5.11 Å². The summed E-state index contributed by atoms with van der Waals surface area (Å²) in [6, 6.07) is 18.1. The molecule has 0 bridgehead atoms. The molecule has 0 saturated carbocycles. The van der Waals surface area contributed by atoms with Gasteiger partial charge in [-0.05, 0) is 58.7 Å². The minimum absolute atomic E-state index is 0.198. The Kier molecular flexibility index (Phi) is 6.77. The van der Waals surface area contributed by atoms with E-state index in [0.29, 0.717) is 16.7 Å². The largest absolute Gasteiger partial charge is 0.360 e. The summed E-state index contributed by atoms with van der Waals surface area (Å²) in [5.41, 5.74) is 1.92. The number of rotatable bonds is 4. The number of carbonyl (C=O) groups is 1. The molecule has 0 unspecified atom stereocenters. The third-order valence-corrected chi connectivity index (χ3v) is 5.43. The molecule has 2 N–H and O–H groups in total. The number of nitrogens with zero attached hydrogens (tertiary/aromatic N) is 1. The van der Waals surface area contributed by atoms with Crippen LogP contribution in [0.4, 0.5) is 0 Å². The van der Waals surface area contributed by atoms with Gasteiger partial charge in [-0.3, -0.25) is 15.0 Å². The molecule has 136 valence electrons. The number of benzene rings is 2. The zero-order chi connectivity index (χ0) is 18.4. The van der Waals surface area contributed by atoms with Gasteiger partial charge in [-0.2, -0.15) is 0 Å². The number of halogens is 1. The monoisotopic (exact) mass is 431 g/mol. The number of thiocarbonyl (C=S) groups is 1. The molecule has 26 heavy (non-hydrogen) atoms. The third kappa shape index (κ3) is 5.37. The second kappa shape index (κ2) is 9.26. The first-order chi connectivity index (χ1) is 12.6. The van der Waals surface area contributed by atoms with Crippen LogP contribution in [0.2, 0.25) is 0 Å². The molecule has 4 nitrogen and oxygen atoms in total. The molecule has 2 aromatic rings. The van der Waals surface area contributed by atoms with Crippen molar-refractivity contribution in [2.24, 2.45) is 0 Å². The Hall–Kier alpha value is -1.76. The fraction of sp³-hybridized carbons (Fsp3) is 0.300. The van der Waals surface area contributed by atoms with Crippen molar-refractivity contribution < 1.29 is 4.79 Å². The number of amides is 1. The molecular weight excluding hydrogens is 410 g/mol. The Balaban J connectivity index is 1.43. The first kappa shape index (κ1) is 19.0. The Labute approximate surface area is 168 Å². The van der Waals surface area contributed by atoms with Crippen LogP contribution in [0.5, 0.6) is 0 Å². The van der Waals surface area contributed by atoms with Gasteiger partial charge in [0.05, 0.1) is 5.56 Å². The van der Waals surface area contributed by atoms with E-state index >= 15 is 0 Å². The molecule has 0 radical (unpaired) electrons. The highest BCUT2D eigenvalue weighted by molar-refractivity contribution is 9.10. The summed E-state index contributed by atoms with van der Waals surface area (Å²) in [6.07, 6.45) is 2.02. The first-order valence-electron chi connectivity index (χ1n) is 8.74. The van der Waals surface area contributed by atoms with E-state index in [2.05, 4.69) is 55.7 Å². The van der Waals surface area contributed by atoms with Gasteiger partial charge in [0, 0.05) is 30.1 Å². The van der Waals surface area contributed by atoms with Crippen molar-refractivity contribution in [1.82, 2.24) is 15.5 Å². The van der Waals surface area contributed by atoms with Crippen molar-refractivity contribution in [2.45, 2.75) is 25.4 Å². The van der Waals surface area contributed by atoms with Gasteiger partial charge in [0.2, 0.25) is 0 Å². The van der Waals surface area contributed by atoms with Gasteiger partial charge in [0.1, 0.15) is 0 Å². The van der Waals surface area contributed by atoms with Gasteiger partial charge in [-0.15, -0.1) is 0 Å². The fourth-order valence-electron chi connectivity index (χ4n) is 3.11. The maximum absolute atomic E-state index is 12.3. The SMILES string of the molecule is O=C(NC(=S)NC1CCN(Cc2ccccc2)CC1)c1ccccc1Br. The van der Waals surface area contributed by atoms with Crippen LogP contribution in [-0.2, 0) is 6.54 Å². The standard InChI is InChI=1S/C20H22BrN3OS/c21-18-9-5-4-8-17(18)19(25)23-20(26)22-16-10-12-24(13-11-16)14-15-6-2-1-3-7-15/h1-9,16H,10-14H2,(H2,22,23,25,26). The predicted octanol–water partition coefficient (Wildman–Crippen LogP) is 3.72. The van der Waals surface area contributed by atoms with Gasteiger partial charge in [-0.1, -0.05) is 42.5 Å². The molecule has 1 fully saturated rings. The average Bonchev–Trinajstić information content (AvgIpc) is 2.64. The van der Waals surface area contributed by atoms with E-state index in [0.717, 1.165) is 36.9 Å². The number of piperidine rings is 1. The zero-order valence-corrected chi connectivity index (χ0v) is 16.9. The lowest BCUT2D eigenvalue weighted by Gasteiger charge is -2.32. The molecule has 1 saturated heterocycles. The van der Waals surface area contributed by atoms with Crippen molar-refractivity contribution in [3.63, 3.8) is 0 Å². The predicted molar refractivity (Wildman–Crippen MR) is 112 cm³/mol. The molecule has 0 aromatic heterocycles. The van der Waals surface area contributed by atoms with Gasteiger partial charge >= 0.3 is 0 Å². The summed E-state index contributed by atoms with van der Waals surface area (Å²) in [6.45, 7) is 3.03. The zero-order valence-electron chi connectivity index (χ0n) is 14.5. The smallest absolute Gasteiger partial charge is 0.258 e. The molecule has 1 amide bonds. The maximum atomic E-state index is 12.3. The summed E-state index contributed by atoms with van der Waals surface area (Å²) in [4.78, 5) is 14.8. The van der Waals surface area contributed by atoms with Gasteiger partial charge < -0.3 is 5.32 Å². The second-order valence-corrected chi connectivity index (χ2v) is 7.71. The summed E-state index contributed by atoms with van der Waals surface area (Å²) >= 11 is 8.71. The van der Waals surface area contributed by atoms with E-state index in [1.54, 1.807) is 6.07 Å². The van der Waals surface area contributed by atoms with Gasteiger partial charge in [-0.25, -0.2) is 0 Å². The molecule has 0 atom stereocenters. The molecule has 0 aliphatic carbocycles. The lowest BCUT2D eigenvalue weighted by molar-refractivity contribution is 0.0975. The molecule has 1 aliphatic rings. The van der Waals surface area contributed by atoms with E-state index in [-0.39, 0.29) is 5.91 Å². The van der Waals surface area contributed by atoms with Crippen molar-refractivity contribution in [3.8, 4) is 0 Å².